The van der Waals surface area contributed by atoms with Crippen LogP contribution >= 0.6 is 0 Å². The van der Waals surface area contributed by atoms with Gasteiger partial charge in [-0.25, -0.2) is 4.98 Å². The van der Waals surface area contributed by atoms with Crippen LogP contribution in [0.3, 0.4) is 0 Å². The first kappa shape index (κ1) is 32.7. The molecule has 0 aliphatic carbocycles. The number of pyridine rings is 2. The summed E-state index contributed by atoms with van der Waals surface area (Å²) in [5.74, 6) is 1.46. The number of rotatable bonds is 6. The zero-order valence-corrected chi connectivity index (χ0v) is 27.3. The number of likely N-dealkylation sites (tertiary alicyclic amines) is 1. The molecule has 246 valence electrons. The first-order valence-electron chi connectivity index (χ1n) is 16.9. The number of aryl methyl sites for hydroxylation is 1. The molecule has 0 unspecified atom stereocenters. The van der Waals surface area contributed by atoms with Crippen molar-refractivity contribution in [2.75, 3.05) is 44.2 Å². The molecule has 0 radical (unpaired) electrons. The molecule has 0 saturated carbocycles. The number of para-hydroxylation sites is 1. The molecule has 0 bridgehead atoms. The molecular formula is C39H42N6O3. The van der Waals surface area contributed by atoms with Crippen LogP contribution in [0.4, 0.5) is 5.82 Å². The highest BCUT2D eigenvalue weighted by Crippen LogP contribution is 2.38. The smallest absolute Gasteiger partial charge is 0.257 e. The summed E-state index contributed by atoms with van der Waals surface area (Å²) < 4.78 is 6.59. The number of carbonyl (C=O) groups is 2. The SMILES string of the molecule is N#Cc1ccc(N2CCCC3(CCN(C(=O)CCc4ccccn4)CC3)COc3ccccc3C(=O)N(Cc3ccccc3)CC2)nc1. The van der Waals surface area contributed by atoms with Crippen molar-refractivity contribution >= 4 is 17.6 Å². The van der Waals surface area contributed by atoms with Crippen LogP contribution in [-0.2, 0) is 17.8 Å². The van der Waals surface area contributed by atoms with Crippen LogP contribution in [0.1, 0.15) is 59.3 Å². The Kier molecular flexibility index (Phi) is 10.6. The number of piperidine rings is 1. The Bertz CT molecular complexity index is 1700. The molecular weight excluding hydrogens is 600 g/mol. The summed E-state index contributed by atoms with van der Waals surface area (Å²) in [4.78, 5) is 42.5. The second-order valence-electron chi connectivity index (χ2n) is 12.8. The van der Waals surface area contributed by atoms with E-state index in [1.807, 2.05) is 88.7 Å². The van der Waals surface area contributed by atoms with Crippen molar-refractivity contribution in [3.05, 3.63) is 120 Å². The van der Waals surface area contributed by atoms with E-state index in [0.717, 1.165) is 49.3 Å². The number of amides is 2. The summed E-state index contributed by atoms with van der Waals surface area (Å²) in [7, 11) is 0. The van der Waals surface area contributed by atoms with Crippen LogP contribution in [0.15, 0.2) is 97.3 Å². The molecule has 6 rings (SSSR count). The van der Waals surface area contributed by atoms with Gasteiger partial charge in [0.05, 0.1) is 17.7 Å². The Morgan fingerprint density at radius 3 is 2.40 bits per heavy atom. The molecule has 4 aromatic rings. The molecule has 0 N–H and O–H groups in total. The lowest BCUT2D eigenvalue weighted by atomic mass is 9.75. The van der Waals surface area contributed by atoms with Gasteiger partial charge in [-0.1, -0.05) is 48.5 Å². The first-order valence-corrected chi connectivity index (χ1v) is 16.9. The van der Waals surface area contributed by atoms with Crippen molar-refractivity contribution in [2.45, 2.75) is 45.1 Å². The lowest BCUT2D eigenvalue weighted by molar-refractivity contribution is -0.134. The number of hydrogen-bond acceptors (Lipinski definition) is 7. The Morgan fingerprint density at radius 1 is 0.854 bits per heavy atom. The lowest BCUT2D eigenvalue weighted by Gasteiger charge is -2.42. The van der Waals surface area contributed by atoms with Crippen LogP contribution in [0.5, 0.6) is 5.75 Å². The van der Waals surface area contributed by atoms with E-state index in [9.17, 15) is 14.9 Å². The summed E-state index contributed by atoms with van der Waals surface area (Å²) in [5.41, 5.74) is 2.90. The Labute approximate surface area is 282 Å². The van der Waals surface area contributed by atoms with E-state index in [4.69, 9.17) is 4.74 Å². The number of nitrogens with zero attached hydrogens (tertiary/aromatic N) is 6. The van der Waals surface area contributed by atoms with Gasteiger partial charge in [-0.2, -0.15) is 5.26 Å². The van der Waals surface area contributed by atoms with Crippen LogP contribution in [0, 0.1) is 16.7 Å². The zero-order chi connectivity index (χ0) is 33.2. The van der Waals surface area contributed by atoms with E-state index in [1.54, 1.807) is 18.5 Å². The zero-order valence-electron chi connectivity index (χ0n) is 27.3. The Balaban J connectivity index is 1.23. The fourth-order valence-corrected chi connectivity index (χ4v) is 6.73. The minimum atomic E-state index is -0.143. The molecule has 9 nitrogen and oxygen atoms in total. The van der Waals surface area contributed by atoms with Gasteiger partial charge in [0, 0.05) is 69.2 Å². The molecule has 9 heteroatoms. The predicted molar refractivity (Wildman–Crippen MR) is 184 cm³/mol. The number of nitriles is 1. The standard InChI is InChI=1S/C39H42N6O3/c40-27-32-14-16-36(42-28-32)43-22-8-18-39(19-23-44(24-20-39)37(46)17-15-33-11-6-7-21-41-33)30-48-35-13-5-4-12-34(35)38(47)45(26-25-43)29-31-9-2-1-3-10-31/h1-7,9-14,16,21,28H,8,15,17-20,22-26,29-30H2. The van der Waals surface area contributed by atoms with E-state index in [0.29, 0.717) is 69.0 Å². The quantitative estimate of drug-likeness (QED) is 0.258. The van der Waals surface area contributed by atoms with E-state index < -0.39 is 0 Å². The number of benzene rings is 2. The van der Waals surface area contributed by atoms with Gasteiger partial charge in [-0.15, -0.1) is 0 Å². The molecule has 4 heterocycles. The fourth-order valence-electron chi connectivity index (χ4n) is 6.73. The largest absolute Gasteiger partial charge is 0.492 e. The number of hydrogen-bond donors (Lipinski definition) is 0. The second kappa shape index (κ2) is 15.6. The molecule has 2 aliphatic heterocycles. The van der Waals surface area contributed by atoms with Gasteiger partial charge in [0.1, 0.15) is 17.6 Å². The van der Waals surface area contributed by atoms with Crippen molar-refractivity contribution in [3.8, 4) is 11.8 Å². The minimum absolute atomic E-state index is 0.0798. The van der Waals surface area contributed by atoms with E-state index >= 15 is 0 Å². The molecule has 2 amide bonds. The summed E-state index contributed by atoms with van der Waals surface area (Å²) in [6.07, 6.45) is 7.92. The lowest BCUT2D eigenvalue weighted by Crippen LogP contribution is -2.46. The third-order valence-electron chi connectivity index (χ3n) is 9.63. The number of ether oxygens (including phenoxy) is 1. The molecule has 1 spiro atoms. The summed E-state index contributed by atoms with van der Waals surface area (Å²) in [6, 6.07) is 29.2. The van der Waals surface area contributed by atoms with Gasteiger partial charge < -0.3 is 19.4 Å². The monoisotopic (exact) mass is 642 g/mol. The topological polar surface area (TPSA) is 103 Å². The van der Waals surface area contributed by atoms with E-state index in [-0.39, 0.29) is 17.2 Å². The maximum absolute atomic E-state index is 14.2. The van der Waals surface area contributed by atoms with Crippen molar-refractivity contribution in [3.63, 3.8) is 0 Å². The van der Waals surface area contributed by atoms with Crippen molar-refractivity contribution < 1.29 is 14.3 Å². The van der Waals surface area contributed by atoms with Crippen molar-refractivity contribution in [1.82, 2.24) is 19.8 Å². The highest BCUT2D eigenvalue weighted by Gasteiger charge is 2.37. The average molecular weight is 643 g/mol. The third kappa shape index (κ3) is 8.18. The maximum Gasteiger partial charge on any atom is 0.257 e. The highest BCUT2D eigenvalue weighted by atomic mass is 16.5. The third-order valence-corrected chi connectivity index (χ3v) is 9.63. The number of aromatic nitrogens is 2. The van der Waals surface area contributed by atoms with Gasteiger partial charge in [0.15, 0.2) is 0 Å². The molecule has 48 heavy (non-hydrogen) atoms. The summed E-state index contributed by atoms with van der Waals surface area (Å²) >= 11 is 0. The van der Waals surface area contributed by atoms with E-state index in [1.165, 1.54) is 0 Å². The van der Waals surface area contributed by atoms with Crippen molar-refractivity contribution in [2.24, 2.45) is 5.41 Å². The fraction of sp³-hybridized carbons (Fsp3) is 0.359. The molecule has 1 fully saturated rings. The van der Waals surface area contributed by atoms with Gasteiger partial charge in [0.25, 0.3) is 5.91 Å². The van der Waals surface area contributed by atoms with Crippen LogP contribution in [-0.4, -0.2) is 70.9 Å². The Morgan fingerprint density at radius 2 is 1.65 bits per heavy atom. The van der Waals surface area contributed by atoms with E-state index in [2.05, 4.69) is 20.9 Å². The van der Waals surface area contributed by atoms with Crippen molar-refractivity contribution in [1.29, 1.82) is 5.26 Å². The van der Waals surface area contributed by atoms with Crippen LogP contribution in [0.2, 0.25) is 0 Å². The number of fused-ring (bicyclic) bond motifs is 1. The summed E-state index contributed by atoms with van der Waals surface area (Å²) in [5, 5.41) is 9.35. The first-order chi connectivity index (χ1) is 23.5. The molecule has 2 aromatic carbocycles. The van der Waals surface area contributed by atoms with Gasteiger partial charge in [-0.05, 0) is 74.1 Å². The minimum Gasteiger partial charge on any atom is -0.492 e. The molecule has 2 aromatic heterocycles. The summed E-state index contributed by atoms with van der Waals surface area (Å²) in [6.45, 7) is 4.12. The number of carbonyl (C=O) groups excluding carboxylic acids is 2. The average Bonchev–Trinajstić information content (AvgIpc) is 3.15. The second-order valence-corrected chi connectivity index (χ2v) is 12.8. The van der Waals surface area contributed by atoms with Gasteiger partial charge in [-0.3, -0.25) is 14.6 Å². The molecule has 0 atom stereocenters. The Hall–Kier alpha value is -5.23. The van der Waals surface area contributed by atoms with Gasteiger partial charge in [0.2, 0.25) is 5.91 Å². The van der Waals surface area contributed by atoms with Crippen LogP contribution < -0.4 is 9.64 Å². The predicted octanol–water partition coefficient (Wildman–Crippen LogP) is 5.91. The molecule has 1 saturated heterocycles. The highest BCUT2D eigenvalue weighted by molar-refractivity contribution is 5.97. The maximum atomic E-state index is 14.2. The normalized spacial score (nSPS) is 16.9. The van der Waals surface area contributed by atoms with Gasteiger partial charge >= 0.3 is 0 Å². The molecule has 2 aliphatic rings. The number of anilines is 1. The van der Waals surface area contributed by atoms with Crippen LogP contribution in [0.25, 0.3) is 0 Å².